The zero-order chi connectivity index (χ0) is 12.7. The van der Waals surface area contributed by atoms with Crippen molar-refractivity contribution in [2.45, 2.75) is 11.8 Å². The Morgan fingerprint density at radius 2 is 2.00 bits per heavy atom. The van der Waals surface area contributed by atoms with E-state index in [1.807, 2.05) is 6.07 Å². The van der Waals surface area contributed by atoms with Crippen LogP contribution in [0.2, 0.25) is 0 Å². The molecule has 0 aliphatic rings. The van der Waals surface area contributed by atoms with Crippen molar-refractivity contribution in [1.29, 1.82) is 5.26 Å². The maximum absolute atomic E-state index is 11.3. The molecule has 0 saturated carbocycles. The van der Waals surface area contributed by atoms with E-state index in [0.29, 0.717) is 5.56 Å². The molecule has 1 rings (SSSR count). The standard InChI is InChI=1S/C12H11NO3S/c1-2-16-12(15)11(14)8-17-10-5-3-9(7-13)4-6-10/h3-6H,2,8H2,1H3. The van der Waals surface area contributed by atoms with Gasteiger partial charge in [0.2, 0.25) is 5.78 Å². The largest absolute Gasteiger partial charge is 0.460 e. The highest BCUT2D eigenvalue weighted by Gasteiger charge is 2.14. The van der Waals surface area contributed by atoms with Gasteiger partial charge in [-0.25, -0.2) is 4.79 Å². The second kappa shape index (κ2) is 6.71. The summed E-state index contributed by atoms with van der Waals surface area (Å²) in [4.78, 5) is 23.2. The monoisotopic (exact) mass is 249 g/mol. The van der Waals surface area contributed by atoms with Crippen molar-refractivity contribution in [3.05, 3.63) is 29.8 Å². The van der Waals surface area contributed by atoms with Gasteiger partial charge in [0.25, 0.3) is 0 Å². The molecule has 0 aliphatic heterocycles. The highest BCUT2D eigenvalue weighted by Crippen LogP contribution is 2.18. The van der Waals surface area contributed by atoms with E-state index >= 15 is 0 Å². The van der Waals surface area contributed by atoms with Crippen LogP contribution in [0.25, 0.3) is 0 Å². The van der Waals surface area contributed by atoms with Crippen LogP contribution in [0.5, 0.6) is 0 Å². The van der Waals surface area contributed by atoms with E-state index in [-0.39, 0.29) is 12.4 Å². The molecule has 0 unspecified atom stereocenters. The molecule has 0 amide bonds. The zero-order valence-corrected chi connectivity index (χ0v) is 10.1. The first kappa shape index (κ1) is 13.3. The van der Waals surface area contributed by atoms with Gasteiger partial charge >= 0.3 is 5.97 Å². The van der Waals surface area contributed by atoms with Gasteiger partial charge in [-0.15, -0.1) is 11.8 Å². The van der Waals surface area contributed by atoms with Gasteiger partial charge in [-0.05, 0) is 31.2 Å². The predicted octanol–water partition coefficient (Wildman–Crippen LogP) is 1.78. The summed E-state index contributed by atoms with van der Waals surface area (Å²) in [6, 6.07) is 8.81. The van der Waals surface area contributed by atoms with Crippen LogP contribution < -0.4 is 0 Å². The molecule has 0 spiro atoms. The number of Topliss-reactive ketones (excluding diaryl/α,β-unsaturated/α-hetero) is 1. The summed E-state index contributed by atoms with van der Waals surface area (Å²) >= 11 is 1.24. The fourth-order valence-electron chi connectivity index (χ4n) is 1.05. The van der Waals surface area contributed by atoms with Crippen molar-refractivity contribution in [2.24, 2.45) is 0 Å². The van der Waals surface area contributed by atoms with E-state index in [4.69, 9.17) is 5.26 Å². The van der Waals surface area contributed by atoms with Crippen LogP contribution in [0, 0.1) is 11.3 Å². The van der Waals surface area contributed by atoms with Gasteiger partial charge < -0.3 is 4.74 Å². The third kappa shape index (κ3) is 4.29. The lowest BCUT2D eigenvalue weighted by Crippen LogP contribution is -2.19. The molecule has 17 heavy (non-hydrogen) atoms. The summed E-state index contributed by atoms with van der Waals surface area (Å²) in [6.45, 7) is 1.85. The predicted molar refractivity (Wildman–Crippen MR) is 63.5 cm³/mol. The van der Waals surface area contributed by atoms with Crippen molar-refractivity contribution >= 4 is 23.5 Å². The quantitative estimate of drug-likeness (QED) is 0.452. The Labute approximate surface area is 104 Å². The normalized spacial score (nSPS) is 9.41. The van der Waals surface area contributed by atoms with Crippen LogP contribution >= 0.6 is 11.8 Å². The first-order valence-corrected chi connectivity index (χ1v) is 5.99. The average molecular weight is 249 g/mol. The molecule has 0 aliphatic carbocycles. The van der Waals surface area contributed by atoms with E-state index in [2.05, 4.69) is 4.74 Å². The van der Waals surface area contributed by atoms with Crippen molar-refractivity contribution < 1.29 is 14.3 Å². The molecule has 5 heteroatoms. The fourth-order valence-corrected chi connectivity index (χ4v) is 1.79. The van der Waals surface area contributed by atoms with Gasteiger partial charge in [0, 0.05) is 4.90 Å². The average Bonchev–Trinajstić information content (AvgIpc) is 2.36. The van der Waals surface area contributed by atoms with E-state index < -0.39 is 11.8 Å². The molecule has 4 nitrogen and oxygen atoms in total. The van der Waals surface area contributed by atoms with Crippen molar-refractivity contribution in [3.63, 3.8) is 0 Å². The number of nitriles is 1. The van der Waals surface area contributed by atoms with Gasteiger partial charge in [0.05, 0.1) is 24.0 Å². The van der Waals surface area contributed by atoms with Crippen LogP contribution in [-0.2, 0) is 14.3 Å². The lowest BCUT2D eigenvalue weighted by atomic mass is 10.2. The molecule has 0 atom stereocenters. The number of thioether (sulfide) groups is 1. The van der Waals surface area contributed by atoms with E-state index in [1.165, 1.54) is 11.8 Å². The molecule has 0 saturated heterocycles. The molecule has 0 fully saturated rings. The molecule has 1 aromatic carbocycles. The number of esters is 1. The minimum atomic E-state index is -0.798. The molecule has 1 aromatic rings. The van der Waals surface area contributed by atoms with Gasteiger partial charge in [0.15, 0.2) is 0 Å². The molecule has 0 aromatic heterocycles. The van der Waals surface area contributed by atoms with Crippen LogP contribution in [0.4, 0.5) is 0 Å². The van der Waals surface area contributed by atoms with Crippen LogP contribution in [-0.4, -0.2) is 24.1 Å². The molecular weight excluding hydrogens is 238 g/mol. The number of hydrogen-bond acceptors (Lipinski definition) is 5. The Kier molecular flexibility index (Phi) is 5.24. The number of nitrogens with zero attached hydrogens (tertiary/aromatic N) is 1. The summed E-state index contributed by atoms with van der Waals surface area (Å²) in [6.07, 6.45) is 0. The number of rotatable bonds is 5. The maximum Gasteiger partial charge on any atom is 0.375 e. The van der Waals surface area contributed by atoms with Gasteiger partial charge in [0.1, 0.15) is 0 Å². The van der Waals surface area contributed by atoms with Crippen molar-refractivity contribution in [1.82, 2.24) is 0 Å². The Bertz CT molecular complexity index is 448. The van der Waals surface area contributed by atoms with E-state index in [0.717, 1.165) is 4.90 Å². The summed E-state index contributed by atoms with van der Waals surface area (Å²) < 4.78 is 4.58. The van der Waals surface area contributed by atoms with Crippen LogP contribution in [0.15, 0.2) is 29.2 Å². The maximum atomic E-state index is 11.3. The first-order chi connectivity index (χ1) is 8.17. The van der Waals surface area contributed by atoms with Crippen LogP contribution in [0.3, 0.4) is 0 Å². The number of ether oxygens (including phenoxy) is 1. The van der Waals surface area contributed by atoms with Gasteiger partial charge in [-0.1, -0.05) is 0 Å². The SMILES string of the molecule is CCOC(=O)C(=O)CSc1ccc(C#N)cc1. The Hall–Kier alpha value is -1.80. The summed E-state index contributed by atoms with van der Waals surface area (Å²) in [5.74, 6) is -1.31. The second-order valence-corrected chi connectivity index (χ2v) is 4.12. The lowest BCUT2D eigenvalue weighted by Gasteiger charge is -2.01. The van der Waals surface area contributed by atoms with Crippen molar-refractivity contribution in [3.8, 4) is 6.07 Å². The highest BCUT2D eigenvalue weighted by molar-refractivity contribution is 8.00. The molecule has 0 bridgehead atoms. The Morgan fingerprint density at radius 1 is 1.35 bits per heavy atom. The van der Waals surface area contributed by atoms with Gasteiger partial charge in [-0.3, -0.25) is 4.79 Å². The summed E-state index contributed by atoms with van der Waals surface area (Å²) in [5.41, 5.74) is 0.561. The summed E-state index contributed by atoms with van der Waals surface area (Å²) in [5, 5.41) is 8.61. The lowest BCUT2D eigenvalue weighted by molar-refractivity contribution is -0.152. The van der Waals surface area contributed by atoms with E-state index in [1.54, 1.807) is 31.2 Å². The third-order valence-corrected chi connectivity index (χ3v) is 2.87. The van der Waals surface area contributed by atoms with Crippen molar-refractivity contribution in [2.75, 3.05) is 12.4 Å². The fraction of sp³-hybridized carbons (Fsp3) is 0.250. The van der Waals surface area contributed by atoms with E-state index in [9.17, 15) is 9.59 Å². The second-order valence-electron chi connectivity index (χ2n) is 3.07. The zero-order valence-electron chi connectivity index (χ0n) is 9.30. The van der Waals surface area contributed by atoms with Gasteiger partial charge in [-0.2, -0.15) is 5.26 Å². The number of benzene rings is 1. The molecular formula is C12H11NO3S. The molecule has 0 N–H and O–H groups in total. The smallest absolute Gasteiger partial charge is 0.375 e. The number of ketones is 1. The molecule has 88 valence electrons. The number of hydrogen-bond donors (Lipinski definition) is 0. The Morgan fingerprint density at radius 3 is 2.53 bits per heavy atom. The molecule has 0 heterocycles. The Balaban J connectivity index is 2.47. The topological polar surface area (TPSA) is 67.2 Å². The van der Waals surface area contributed by atoms with Crippen LogP contribution in [0.1, 0.15) is 12.5 Å². The highest BCUT2D eigenvalue weighted by atomic mass is 32.2. The first-order valence-electron chi connectivity index (χ1n) is 5.00. The number of carbonyl (C=O) groups is 2. The number of carbonyl (C=O) groups excluding carboxylic acids is 2. The summed E-state index contributed by atoms with van der Waals surface area (Å²) in [7, 11) is 0. The minimum absolute atomic E-state index is 0.0464. The minimum Gasteiger partial charge on any atom is -0.460 e. The molecule has 0 radical (unpaired) electrons. The third-order valence-electron chi connectivity index (χ3n) is 1.86.